The number of alkyl halides is 3. The van der Waals surface area contributed by atoms with Gasteiger partial charge in [-0.3, -0.25) is 13.9 Å². The highest BCUT2D eigenvalue weighted by Gasteiger charge is 2.30. The molecule has 140 valence electrons. The first-order chi connectivity index (χ1) is 12.0. The number of hydrogen-bond donors (Lipinski definition) is 2. The van der Waals surface area contributed by atoms with E-state index in [0.29, 0.717) is 0 Å². The Morgan fingerprint density at radius 3 is 2.54 bits per heavy atom. The van der Waals surface area contributed by atoms with E-state index in [9.17, 15) is 22.8 Å². The van der Waals surface area contributed by atoms with Gasteiger partial charge in [0.05, 0.1) is 17.3 Å². The number of nitrogens with one attached hydrogen (secondary N) is 1. The minimum absolute atomic E-state index is 0.00946. The third kappa shape index (κ3) is 4.13. The van der Waals surface area contributed by atoms with Crippen LogP contribution >= 0.6 is 12.2 Å². The Kier molecular flexibility index (Phi) is 5.55. The summed E-state index contributed by atoms with van der Waals surface area (Å²) < 4.78 is 40.9. The van der Waals surface area contributed by atoms with E-state index in [0.717, 1.165) is 21.3 Å². The van der Waals surface area contributed by atoms with E-state index >= 15 is 0 Å². The lowest BCUT2D eigenvalue weighted by Gasteiger charge is -2.19. The lowest BCUT2D eigenvalue weighted by Crippen LogP contribution is -2.45. The quantitative estimate of drug-likeness (QED) is 0.782. The van der Waals surface area contributed by atoms with Crippen molar-refractivity contribution in [1.82, 2.24) is 14.5 Å². The zero-order valence-corrected chi connectivity index (χ0v) is 14.8. The van der Waals surface area contributed by atoms with Crippen molar-refractivity contribution in [2.45, 2.75) is 26.1 Å². The summed E-state index contributed by atoms with van der Waals surface area (Å²) in [7, 11) is 0. The summed E-state index contributed by atoms with van der Waals surface area (Å²) in [5.74, 6) is 0. The Hall–Kier alpha value is -2.62. The molecule has 0 bridgehead atoms. The lowest BCUT2D eigenvalue weighted by atomic mass is 10.2. The van der Waals surface area contributed by atoms with Gasteiger partial charge in [-0.15, -0.1) is 0 Å². The average Bonchev–Trinajstić information content (AvgIpc) is 2.52. The molecule has 1 aromatic heterocycles. The fourth-order valence-electron chi connectivity index (χ4n) is 2.55. The molecule has 10 heteroatoms. The highest BCUT2D eigenvalue weighted by Crippen LogP contribution is 2.30. The van der Waals surface area contributed by atoms with Gasteiger partial charge in [0, 0.05) is 18.3 Å². The molecule has 26 heavy (non-hydrogen) atoms. The van der Waals surface area contributed by atoms with E-state index in [1.54, 1.807) is 6.92 Å². The van der Waals surface area contributed by atoms with Crippen LogP contribution in [0.4, 0.5) is 13.2 Å². The van der Waals surface area contributed by atoms with E-state index < -0.39 is 29.0 Å². The molecule has 1 heterocycles. The molecule has 0 spiro atoms. The Balaban J connectivity index is 2.61. The molecule has 0 saturated heterocycles. The highest BCUT2D eigenvalue weighted by atomic mass is 32.1. The monoisotopic (exact) mass is 386 g/mol. The molecule has 0 radical (unpaired) electrons. The standard InChI is InChI=1S/C16H17F3N4O2S/c1-9-6-13(24)23(10(2)8-21-14(20)26)15(25)22(9)12-5-3-4-11(7-12)16(17,18)19/h3-7,10H,8H2,1-2H3,(H3,20,21,26)/t10-/m1/s1. The Bertz CT molecular complexity index is 950. The Morgan fingerprint density at radius 2 is 1.96 bits per heavy atom. The van der Waals surface area contributed by atoms with Gasteiger partial charge in [0.2, 0.25) is 0 Å². The molecule has 0 aliphatic carbocycles. The zero-order chi connectivity index (χ0) is 19.6. The number of nitrogens with zero attached hydrogens (tertiary/aromatic N) is 2. The summed E-state index contributed by atoms with van der Waals surface area (Å²) in [6, 6.07) is 4.93. The average molecular weight is 386 g/mol. The summed E-state index contributed by atoms with van der Waals surface area (Å²) in [5.41, 5.74) is 3.39. The fraction of sp³-hybridized carbons (Fsp3) is 0.312. The highest BCUT2D eigenvalue weighted by molar-refractivity contribution is 7.80. The van der Waals surface area contributed by atoms with Crippen molar-refractivity contribution in [3.8, 4) is 5.69 Å². The second-order valence-corrected chi connectivity index (χ2v) is 6.19. The van der Waals surface area contributed by atoms with Crippen molar-refractivity contribution >= 4 is 17.3 Å². The van der Waals surface area contributed by atoms with Crippen LogP contribution in [0.2, 0.25) is 0 Å². The van der Waals surface area contributed by atoms with E-state index in [1.165, 1.54) is 25.1 Å². The number of nitrogens with two attached hydrogens (primary N) is 1. The third-order valence-electron chi connectivity index (χ3n) is 3.76. The van der Waals surface area contributed by atoms with Crippen LogP contribution < -0.4 is 22.3 Å². The molecule has 0 unspecified atom stereocenters. The van der Waals surface area contributed by atoms with Crippen LogP contribution in [-0.2, 0) is 6.18 Å². The fourth-order valence-corrected chi connectivity index (χ4v) is 2.63. The number of rotatable bonds is 4. The smallest absolute Gasteiger partial charge is 0.376 e. The van der Waals surface area contributed by atoms with Crippen LogP contribution in [0.3, 0.4) is 0 Å². The maximum atomic E-state index is 13.0. The molecule has 1 atom stereocenters. The van der Waals surface area contributed by atoms with Gasteiger partial charge in [-0.25, -0.2) is 4.79 Å². The van der Waals surface area contributed by atoms with Crippen molar-refractivity contribution in [3.05, 3.63) is 62.4 Å². The van der Waals surface area contributed by atoms with Gasteiger partial charge in [-0.1, -0.05) is 6.07 Å². The molecule has 0 saturated carbocycles. The van der Waals surface area contributed by atoms with Crippen LogP contribution in [0, 0.1) is 6.92 Å². The molecule has 2 rings (SSSR count). The van der Waals surface area contributed by atoms with E-state index in [-0.39, 0.29) is 23.0 Å². The molecule has 0 amide bonds. The summed E-state index contributed by atoms with van der Waals surface area (Å²) in [6.07, 6.45) is -4.55. The SMILES string of the molecule is Cc1cc(=O)n([C@H](C)CNC(N)=S)c(=O)n1-c1cccc(C(F)(F)F)c1. The van der Waals surface area contributed by atoms with Crippen LogP contribution in [0.25, 0.3) is 5.69 Å². The summed E-state index contributed by atoms with van der Waals surface area (Å²) in [5, 5.41) is 2.66. The van der Waals surface area contributed by atoms with Crippen LogP contribution in [-0.4, -0.2) is 20.8 Å². The first-order valence-electron chi connectivity index (χ1n) is 7.58. The van der Waals surface area contributed by atoms with Crippen molar-refractivity contribution in [2.24, 2.45) is 5.73 Å². The number of hydrogen-bond acceptors (Lipinski definition) is 3. The van der Waals surface area contributed by atoms with Crippen molar-refractivity contribution < 1.29 is 13.2 Å². The molecule has 3 N–H and O–H groups in total. The second-order valence-electron chi connectivity index (χ2n) is 5.75. The first kappa shape index (κ1) is 19.7. The Labute approximate surface area is 152 Å². The van der Waals surface area contributed by atoms with Crippen molar-refractivity contribution in [2.75, 3.05) is 6.54 Å². The summed E-state index contributed by atoms with van der Waals surface area (Å²) in [6.45, 7) is 3.20. The van der Waals surface area contributed by atoms with Gasteiger partial charge in [0.1, 0.15) is 0 Å². The number of aromatic nitrogens is 2. The number of benzene rings is 1. The van der Waals surface area contributed by atoms with E-state index in [4.69, 9.17) is 18.0 Å². The van der Waals surface area contributed by atoms with E-state index in [1.807, 2.05) is 0 Å². The Morgan fingerprint density at radius 1 is 1.31 bits per heavy atom. The minimum atomic E-state index is -4.55. The zero-order valence-electron chi connectivity index (χ0n) is 14.0. The molecule has 6 nitrogen and oxygen atoms in total. The normalized spacial score (nSPS) is 12.7. The van der Waals surface area contributed by atoms with Gasteiger partial charge in [0.25, 0.3) is 5.56 Å². The number of aryl methyl sites for hydroxylation is 1. The summed E-state index contributed by atoms with van der Waals surface area (Å²) >= 11 is 4.69. The predicted octanol–water partition coefficient (Wildman–Crippen LogP) is 1.72. The molecule has 0 aliphatic rings. The van der Waals surface area contributed by atoms with Gasteiger partial charge < -0.3 is 11.1 Å². The molecular formula is C16H17F3N4O2S. The minimum Gasteiger partial charge on any atom is -0.376 e. The summed E-state index contributed by atoms with van der Waals surface area (Å²) in [4.78, 5) is 25.0. The second kappa shape index (κ2) is 7.32. The molecular weight excluding hydrogens is 369 g/mol. The van der Waals surface area contributed by atoms with Gasteiger partial charge >= 0.3 is 11.9 Å². The lowest BCUT2D eigenvalue weighted by molar-refractivity contribution is -0.137. The molecule has 0 fully saturated rings. The van der Waals surface area contributed by atoms with Gasteiger partial charge in [-0.05, 0) is 44.3 Å². The predicted molar refractivity (Wildman–Crippen MR) is 95.5 cm³/mol. The van der Waals surface area contributed by atoms with Crippen molar-refractivity contribution in [1.29, 1.82) is 0 Å². The van der Waals surface area contributed by atoms with Crippen molar-refractivity contribution in [3.63, 3.8) is 0 Å². The largest absolute Gasteiger partial charge is 0.416 e. The van der Waals surface area contributed by atoms with Gasteiger partial charge in [0.15, 0.2) is 5.11 Å². The van der Waals surface area contributed by atoms with Gasteiger partial charge in [-0.2, -0.15) is 13.2 Å². The van der Waals surface area contributed by atoms with E-state index in [2.05, 4.69) is 5.32 Å². The topological polar surface area (TPSA) is 82.1 Å². The maximum Gasteiger partial charge on any atom is 0.416 e. The number of thiocarbonyl (C=S) groups is 1. The van der Waals surface area contributed by atoms with Crippen LogP contribution in [0.1, 0.15) is 24.2 Å². The third-order valence-corrected chi connectivity index (χ3v) is 3.91. The molecule has 2 aromatic rings. The maximum absolute atomic E-state index is 13.0. The number of halogens is 3. The first-order valence-corrected chi connectivity index (χ1v) is 7.99. The van der Waals surface area contributed by atoms with Crippen LogP contribution in [0.15, 0.2) is 39.9 Å². The van der Waals surface area contributed by atoms with Crippen LogP contribution in [0.5, 0.6) is 0 Å². The molecule has 0 aliphatic heterocycles. The molecule has 1 aromatic carbocycles.